The van der Waals surface area contributed by atoms with Gasteiger partial charge in [-0.05, 0) is 45.1 Å². The molecule has 116 valence electrons. The molecule has 0 radical (unpaired) electrons. The third kappa shape index (κ3) is 5.49. The van der Waals surface area contributed by atoms with Crippen LogP contribution < -0.4 is 11.1 Å². The molecular formula is C15H29N3O2. The highest BCUT2D eigenvalue weighted by molar-refractivity contribution is 5.80. The number of likely N-dealkylation sites (tertiary alicyclic amines) is 1. The molecule has 20 heavy (non-hydrogen) atoms. The minimum atomic E-state index is 0.0789. The molecule has 0 aromatic rings. The van der Waals surface area contributed by atoms with Gasteiger partial charge in [-0.3, -0.25) is 9.59 Å². The Morgan fingerprint density at radius 1 is 1.30 bits per heavy atom. The molecule has 1 rings (SSSR count). The van der Waals surface area contributed by atoms with Crippen molar-refractivity contribution in [3.63, 3.8) is 0 Å². The predicted octanol–water partition coefficient (Wildman–Crippen LogP) is 1.13. The molecule has 1 saturated heterocycles. The van der Waals surface area contributed by atoms with E-state index in [1.54, 1.807) is 0 Å². The van der Waals surface area contributed by atoms with Crippen LogP contribution in [0.4, 0.5) is 0 Å². The van der Waals surface area contributed by atoms with Crippen molar-refractivity contribution in [2.45, 2.75) is 46.0 Å². The van der Waals surface area contributed by atoms with Crippen molar-refractivity contribution in [2.75, 3.05) is 26.2 Å². The highest BCUT2D eigenvalue weighted by atomic mass is 16.2. The van der Waals surface area contributed by atoms with Crippen LogP contribution in [0.15, 0.2) is 0 Å². The largest absolute Gasteiger partial charge is 0.356 e. The summed E-state index contributed by atoms with van der Waals surface area (Å²) in [5.74, 6) is 0.950. The van der Waals surface area contributed by atoms with Crippen LogP contribution in [0.3, 0.4) is 0 Å². The average Bonchev–Trinajstić information content (AvgIpc) is 2.45. The van der Waals surface area contributed by atoms with Crippen LogP contribution in [0.1, 0.15) is 46.0 Å². The smallest absolute Gasteiger partial charge is 0.223 e. The van der Waals surface area contributed by atoms with Gasteiger partial charge in [-0.2, -0.15) is 0 Å². The molecule has 1 unspecified atom stereocenters. The van der Waals surface area contributed by atoms with Crippen molar-refractivity contribution in [1.29, 1.82) is 0 Å². The summed E-state index contributed by atoms with van der Waals surface area (Å²) in [5, 5.41) is 2.86. The summed E-state index contributed by atoms with van der Waals surface area (Å²) in [6.07, 6.45) is 4.07. The van der Waals surface area contributed by atoms with Gasteiger partial charge >= 0.3 is 0 Å². The summed E-state index contributed by atoms with van der Waals surface area (Å²) in [4.78, 5) is 25.7. The Morgan fingerprint density at radius 3 is 2.50 bits per heavy atom. The molecule has 1 fully saturated rings. The van der Waals surface area contributed by atoms with Gasteiger partial charge in [-0.15, -0.1) is 0 Å². The second-order valence-corrected chi connectivity index (χ2v) is 5.77. The van der Waals surface area contributed by atoms with Crippen molar-refractivity contribution >= 4 is 11.8 Å². The molecule has 0 bridgehead atoms. The first-order valence-electron chi connectivity index (χ1n) is 7.84. The van der Waals surface area contributed by atoms with Crippen LogP contribution in [0, 0.1) is 11.8 Å². The second-order valence-electron chi connectivity index (χ2n) is 5.77. The first-order chi connectivity index (χ1) is 9.58. The van der Waals surface area contributed by atoms with Gasteiger partial charge in [-0.1, -0.05) is 6.92 Å². The first kappa shape index (κ1) is 17.0. The van der Waals surface area contributed by atoms with Gasteiger partial charge in [0, 0.05) is 32.0 Å². The quantitative estimate of drug-likeness (QED) is 0.735. The molecule has 0 saturated carbocycles. The number of carbonyl (C=O) groups is 2. The van der Waals surface area contributed by atoms with Gasteiger partial charge in [0.15, 0.2) is 0 Å². The molecule has 5 heteroatoms. The molecule has 0 aliphatic carbocycles. The number of nitrogens with two attached hydrogens (primary N) is 1. The molecule has 5 nitrogen and oxygen atoms in total. The van der Waals surface area contributed by atoms with Crippen LogP contribution in [0.25, 0.3) is 0 Å². The van der Waals surface area contributed by atoms with Gasteiger partial charge in [0.05, 0.1) is 0 Å². The molecule has 0 aromatic heterocycles. The Bertz CT molecular complexity index is 312. The van der Waals surface area contributed by atoms with Gasteiger partial charge in [-0.25, -0.2) is 0 Å². The van der Waals surface area contributed by atoms with Gasteiger partial charge in [0.2, 0.25) is 11.8 Å². The number of nitrogens with one attached hydrogen (secondary N) is 1. The second kappa shape index (κ2) is 8.95. The highest BCUT2D eigenvalue weighted by Crippen LogP contribution is 2.19. The van der Waals surface area contributed by atoms with E-state index in [4.69, 9.17) is 5.73 Å². The number of carbonyl (C=O) groups excluding carboxylic acids is 2. The maximum atomic E-state index is 12.1. The van der Waals surface area contributed by atoms with Crippen LogP contribution in [-0.2, 0) is 9.59 Å². The number of nitrogens with zero attached hydrogens (tertiary/aromatic N) is 1. The lowest BCUT2D eigenvalue weighted by Gasteiger charge is -2.31. The molecule has 1 aliphatic rings. The zero-order valence-corrected chi connectivity index (χ0v) is 12.9. The Balaban J connectivity index is 2.27. The lowest BCUT2D eigenvalue weighted by atomic mass is 9.95. The van der Waals surface area contributed by atoms with E-state index in [1.165, 1.54) is 0 Å². The summed E-state index contributed by atoms with van der Waals surface area (Å²) >= 11 is 0. The zero-order chi connectivity index (χ0) is 15.0. The highest BCUT2D eigenvalue weighted by Gasteiger charge is 2.26. The van der Waals surface area contributed by atoms with Crippen molar-refractivity contribution < 1.29 is 9.59 Å². The summed E-state index contributed by atoms with van der Waals surface area (Å²) < 4.78 is 0. The third-order valence-electron chi connectivity index (χ3n) is 4.08. The van der Waals surface area contributed by atoms with Crippen LogP contribution in [0.5, 0.6) is 0 Å². The summed E-state index contributed by atoms with van der Waals surface area (Å²) in [6.45, 7) is 6.86. The Labute approximate surface area is 122 Å². The molecule has 0 aromatic carbocycles. The van der Waals surface area contributed by atoms with E-state index in [0.717, 1.165) is 25.7 Å². The third-order valence-corrected chi connectivity index (χ3v) is 4.08. The minimum absolute atomic E-state index is 0.0789. The minimum Gasteiger partial charge on any atom is -0.356 e. The standard InChI is InChI=1S/C15H29N3O2/c1-3-17-15(20)13-7-10-18(11-8-13)14(19)5-4-12(2)6-9-16/h12-13H,3-11,16H2,1-2H3,(H,17,20). The van der Waals surface area contributed by atoms with Crippen LogP contribution in [-0.4, -0.2) is 42.9 Å². The van der Waals surface area contributed by atoms with E-state index in [9.17, 15) is 9.59 Å². The summed E-state index contributed by atoms with van der Waals surface area (Å²) in [7, 11) is 0. The molecule has 1 aliphatic heterocycles. The van der Waals surface area contributed by atoms with Gasteiger partial charge in [0.25, 0.3) is 0 Å². The van der Waals surface area contributed by atoms with Crippen molar-refractivity contribution in [3.8, 4) is 0 Å². The van der Waals surface area contributed by atoms with Gasteiger partial charge < -0.3 is 16.0 Å². The lowest BCUT2D eigenvalue weighted by Crippen LogP contribution is -2.43. The molecule has 1 heterocycles. The van der Waals surface area contributed by atoms with Crippen molar-refractivity contribution in [1.82, 2.24) is 10.2 Å². The average molecular weight is 283 g/mol. The van der Waals surface area contributed by atoms with E-state index < -0.39 is 0 Å². The van der Waals surface area contributed by atoms with Gasteiger partial charge in [0.1, 0.15) is 0 Å². The zero-order valence-electron chi connectivity index (χ0n) is 12.9. The maximum absolute atomic E-state index is 12.1. The van der Waals surface area contributed by atoms with E-state index in [0.29, 0.717) is 38.5 Å². The van der Waals surface area contributed by atoms with E-state index in [2.05, 4.69) is 12.2 Å². The monoisotopic (exact) mass is 283 g/mol. The van der Waals surface area contributed by atoms with Crippen LogP contribution in [0.2, 0.25) is 0 Å². The molecule has 0 spiro atoms. The van der Waals surface area contributed by atoms with Crippen molar-refractivity contribution in [2.24, 2.45) is 17.6 Å². The fourth-order valence-corrected chi connectivity index (χ4v) is 2.67. The number of amides is 2. The van der Waals surface area contributed by atoms with Crippen LogP contribution >= 0.6 is 0 Å². The maximum Gasteiger partial charge on any atom is 0.223 e. The number of piperidine rings is 1. The summed E-state index contributed by atoms with van der Waals surface area (Å²) in [5.41, 5.74) is 5.51. The fourth-order valence-electron chi connectivity index (χ4n) is 2.67. The first-order valence-corrected chi connectivity index (χ1v) is 7.84. The molecule has 2 amide bonds. The number of hydrogen-bond donors (Lipinski definition) is 2. The van der Waals surface area contributed by atoms with E-state index in [1.807, 2.05) is 11.8 Å². The SMILES string of the molecule is CCNC(=O)C1CCN(C(=O)CCC(C)CCN)CC1. The number of hydrogen-bond acceptors (Lipinski definition) is 3. The molecule has 1 atom stereocenters. The predicted molar refractivity (Wildman–Crippen MR) is 80.1 cm³/mol. The molecular weight excluding hydrogens is 254 g/mol. The van der Waals surface area contributed by atoms with E-state index in [-0.39, 0.29) is 17.7 Å². The fraction of sp³-hybridized carbons (Fsp3) is 0.867. The summed E-state index contributed by atoms with van der Waals surface area (Å²) in [6, 6.07) is 0. The Kier molecular flexibility index (Phi) is 7.59. The van der Waals surface area contributed by atoms with E-state index >= 15 is 0 Å². The Hall–Kier alpha value is -1.10. The topological polar surface area (TPSA) is 75.4 Å². The number of rotatable bonds is 7. The Morgan fingerprint density at radius 2 is 1.95 bits per heavy atom. The molecule has 3 N–H and O–H groups in total. The van der Waals surface area contributed by atoms with Crippen molar-refractivity contribution in [3.05, 3.63) is 0 Å². The lowest BCUT2D eigenvalue weighted by molar-refractivity contribution is -0.135. The normalized spacial score (nSPS) is 17.9.